The third-order valence-corrected chi connectivity index (χ3v) is 1.88. The topological polar surface area (TPSA) is 0 Å². The lowest BCUT2D eigenvalue weighted by molar-refractivity contribution is 0.772. The van der Waals surface area contributed by atoms with Crippen molar-refractivity contribution in [1.82, 2.24) is 0 Å². The summed E-state index contributed by atoms with van der Waals surface area (Å²) in [6, 6.07) is 8.45. The molecule has 0 aliphatic carbocycles. The lowest BCUT2D eigenvalue weighted by atomic mass is 10.2. The van der Waals surface area contributed by atoms with Crippen LogP contribution in [0.2, 0.25) is 0 Å². The van der Waals surface area contributed by atoms with Gasteiger partial charge in [-0.2, -0.15) is 0 Å². The summed E-state index contributed by atoms with van der Waals surface area (Å²) in [4.78, 5) is 0. The van der Waals surface area contributed by atoms with Crippen LogP contribution in [0.3, 0.4) is 0 Å². The van der Waals surface area contributed by atoms with Gasteiger partial charge in [0.1, 0.15) is 0 Å². The Kier molecular flexibility index (Phi) is 26.1. The molecule has 1 aromatic carbocycles. The summed E-state index contributed by atoms with van der Waals surface area (Å²) in [6.07, 6.45) is 4.08. The largest absolute Gasteiger partial charge is 0.0683 e. The van der Waals surface area contributed by atoms with Crippen molar-refractivity contribution in [1.29, 1.82) is 0 Å². The summed E-state index contributed by atoms with van der Waals surface area (Å²) in [5.74, 6) is 0. The van der Waals surface area contributed by atoms with Gasteiger partial charge < -0.3 is 0 Å². The number of rotatable bonds is 2. The first-order valence-electron chi connectivity index (χ1n) is 7.24. The van der Waals surface area contributed by atoms with Crippen LogP contribution in [0.1, 0.15) is 71.9 Å². The molecule has 0 unspecified atom stereocenters. The van der Waals surface area contributed by atoms with E-state index in [0.717, 1.165) is 0 Å². The maximum atomic E-state index is 2.21. The van der Waals surface area contributed by atoms with Crippen LogP contribution in [0.5, 0.6) is 0 Å². The Bertz CT molecular complexity index is 194. The van der Waals surface area contributed by atoms with E-state index < -0.39 is 0 Å². The number of aryl methyl sites for hydroxylation is 2. The van der Waals surface area contributed by atoms with E-state index in [4.69, 9.17) is 0 Å². The molecule has 0 aromatic heterocycles. The second kappa shape index (κ2) is 20.6. The van der Waals surface area contributed by atoms with Crippen molar-refractivity contribution in [3.8, 4) is 0 Å². The summed E-state index contributed by atoms with van der Waals surface area (Å²) in [5.41, 5.74) is 2.68. The first-order chi connectivity index (χ1) is 8.20. The third kappa shape index (κ3) is 21.1. The Morgan fingerprint density at radius 2 is 1.12 bits per heavy atom. The summed E-state index contributed by atoms with van der Waals surface area (Å²) >= 11 is 0. The van der Waals surface area contributed by atoms with Crippen molar-refractivity contribution in [3.05, 3.63) is 35.4 Å². The Morgan fingerprint density at radius 1 is 0.765 bits per heavy atom. The van der Waals surface area contributed by atoms with Crippen molar-refractivity contribution in [2.75, 3.05) is 0 Å². The van der Waals surface area contributed by atoms with Gasteiger partial charge in [-0.15, -0.1) is 0 Å². The lowest BCUT2D eigenvalue weighted by Gasteiger charge is -1.90. The Morgan fingerprint density at radius 3 is 1.24 bits per heavy atom. The van der Waals surface area contributed by atoms with Gasteiger partial charge in [-0.1, -0.05) is 96.2 Å². The number of unbranched alkanes of at least 4 members (excludes halogenated alkanes) is 2. The molecule has 0 radical (unpaired) electrons. The van der Waals surface area contributed by atoms with Crippen LogP contribution in [-0.4, -0.2) is 0 Å². The molecule has 0 aliphatic heterocycles. The van der Waals surface area contributed by atoms with E-state index in [1.54, 1.807) is 0 Å². The average molecular weight is 238 g/mol. The van der Waals surface area contributed by atoms with Crippen molar-refractivity contribution >= 4 is 0 Å². The quantitative estimate of drug-likeness (QED) is 0.548. The van der Waals surface area contributed by atoms with Gasteiger partial charge >= 0.3 is 0 Å². The minimum atomic E-state index is 1.34. The van der Waals surface area contributed by atoms with Crippen molar-refractivity contribution in [3.63, 3.8) is 0 Å². The SMILES string of the molecule is CC.CC.CCCCC.Cc1cccc(C)c1. The zero-order chi connectivity index (χ0) is 14.1. The fourth-order valence-corrected chi connectivity index (χ4v) is 1.16. The van der Waals surface area contributed by atoms with Gasteiger partial charge in [0, 0.05) is 0 Å². The summed E-state index contributed by atoms with van der Waals surface area (Å²) in [5, 5.41) is 0. The van der Waals surface area contributed by atoms with E-state index in [9.17, 15) is 0 Å². The summed E-state index contributed by atoms with van der Waals surface area (Å²) in [6.45, 7) is 16.6. The van der Waals surface area contributed by atoms with E-state index in [-0.39, 0.29) is 0 Å². The predicted molar refractivity (Wildman–Crippen MR) is 83.8 cm³/mol. The standard InChI is InChI=1S/C8H10.C5H12.2C2H6/c1-7-4-3-5-8(2)6-7;1-3-5-4-2;2*1-2/h3-6H,1-2H3;3-5H2,1-2H3;2*1-2H3. The highest BCUT2D eigenvalue weighted by atomic mass is 13.9. The Balaban J connectivity index is -0.000000190. The first kappa shape index (κ1) is 21.5. The molecule has 0 bridgehead atoms. The van der Waals surface area contributed by atoms with Gasteiger partial charge in [0.05, 0.1) is 0 Å². The fraction of sp³-hybridized carbons (Fsp3) is 0.647. The molecular formula is C17H34. The maximum absolute atomic E-state index is 2.21. The van der Waals surface area contributed by atoms with Crippen molar-refractivity contribution in [2.45, 2.75) is 74.7 Å². The molecule has 0 fully saturated rings. The smallest absolute Gasteiger partial charge is 0.0398 e. The highest BCUT2D eigenvalue weighted by molar-refractivity contribution is 5.20. The van der Waals surface area contributed by atoms with E-state index >= 15 is 0 Å². The zero-order valence-corrected chi connectivity index (χ0v) is 13.4. The molecule has 0 spiro atoms. The van der Waals surface area contributed by atoms with Gasteiger partial charge in [0.2, 0.25) is 0 Å². The van der Waals surface area contributed by atoms with E-state index in [1.807, 2.05) is 27.7 Å². The molecule has 0 heterocycles. The van der Waals surface area contributed by atoms with Crippen LogP contribution in [-0.2, 0) is 0 Å². The number of hydrogen-bond acceptors (Lipinski definition) is 0. The zero-order valence-electron chi connectivity index (χ0n) is 13.4. The van der Waals surface area contributed by atoms with Crippen LogP contribution >= 0.6 is 0 Å². The van der Waals surface area contributed by atoms with Gasteiger partial charge in [-0.05, 0) is 13.8 Å². The van der Waals surface area contributed by atoms with E-state index in [2.05, 4.69) is 52.0 Å². The van der Waals surface area contributed by atoms with E-state index in [0.29, 0.717) is 0 Å². The molecule has 1 rings (SSSR count). The molecule has 0 nitrogen and oxygen atoms in total. The van der Waals surface area contributed by atoms with Crippen LogP contribution in [0.4, 0.5) is 0 Å². The Labute approximate surface area is 110 Å². The maximum Gasteiger partial charge on any atom is -0.0398 e. The monoisotopic (exact) mass is 238 g/mol. The molecule has 0 saturated carbocycles. The molecule has 0 amide bonds. The molecule has 1 aromatic rings. The Hall–Kier alpha value is -0.780. The minimum Gasteiger partial charge on any atom is -0.0683 e. The number of benzene rings is 1. The summed E-state index contributed by atoms with van der Waals surface area (Å²) < 4.78 is 0. The van der Waals surface area contributed by atoms with Gasteiger partial charge in [0.15, 0.2) is 0 Å². The fourth-order valence-electron chi connectivity index (χ4n) is 1.16. The van der Waals surface area contributed by atoms with Crippen LogP contribution in [0, 0.1) is 13.8 Å². The van der Waals surface area contributed by atoms with E-state index in [1.165, 1.54) is 30.4 Å². The third-order valence-electron chi connectivity index (χ3n) is 1.88. The molecule has 102 valence electrons. The first-order valence-corrected chi connectivity index (χ1v) is 7.24. The summed E-state index contributed by atoms with van der Waals surface area (Å²) in [7, 11) is 0. The second-order valence-electron chi connectivity index (χ2n) is 3.51. The second-order valence-corrected chi connectivity index (χ2v) is 3.51. The molecule has 17 heavy (non-hydrogen) atoms. The molecule has 0 N–H and O–H groups in total. The normalized spacial score (nSPS) is 7.53. The minimum absolute atomic E-state index is 1.34. The van der Waals surface area contributed by atoms with Crippen LogP contribution < -0.4 is 0 Å². The molecule has 0 saturated heterocycles. The van der Waals surface area contributed by atoms with Gasteiger partial charge in [-0.25, -0.2) is 0 Å². The van der Waals surface area contributed by atoms with Gasteiger partial charge in [-0.3, -0.25) is 0 Å². The molecule has 0 aliphatic rings. The molecular weight excluding hydrogens is 204 g/mol. The molecule has 0 heteroatoms. The molecule has 0 atom stereocenters. The van der Waals surface area contributed by atoms with Crippen molar-refractivity contribution < 1.29 is 0 Å². The highest BCUT2D eigenvalue weighted by Gasteiger charge is 1.80. The van der Waals surface area contributed by atoms with Crippen molar-refractivity contribution in [2.24, 2.45) is 0 Å². The van der Waals surface area contributed by atoms with Crippen LogP contribution in [0.15, 0.2) is 24.3 Å². The predicted octanol–water partition coefficient (Wildman–Crippen LogP) is 6.55. The highest BCUT2D eigenvalue weighted by Crippen LogP contribution is 2.00. The number of hydrogen-bond donors (Lipinski definition) is 0. The van der Waals surface area contributed by atoms with Gasteiger partial charge in [0.25, 0.3) is 0 Å². The average Bonchev–Trinajstić information content (AvgIpc) is 2.36. The lowest BCUT2D eigenvalue weighted by Crippen LogP contribution is -1.71. The van der Waals surface area contributed by atoms with Crippen LogP contribution in [0.25, 0.3) is 0 Å².